The molecule has 1 amide bonds. The predicted molar refractivity (Wildman–Crippen MR) is 72.8 cm³/mol. The van der Waals surface area contributed by atoms with Crippen LogP contribution in [0.4, 0.5) is 10.1 Å². The van der Waals surface area contributed by atoms with Crippen molar-refractivity contribution in [3.63, 3.8) is 0 Å². The number of non-ortho nitro benzene ring substituents is 1. The van der Waals surface area contributed by atoms with E-state index in [1.54, 1.807) is 0 Å². The van der Waals surface area contributed by atoms with E-state index in [1.807, 2.05) is 6.92 Å². The van der Waals surface area contributed by atoms with Gasteiger partial charge in [-0.15, -0.1) is 6.42 Å². The van der Waals surface area contributed by atoms with Crippen LogP contribution in [0.3, 0.4) is 0 Å². The van der Waals surface area contributed by atoms with Gasteiger partial charge in [-0.2, -0.15) is 0 Å². The zero-order chi connectivity index (χ0) is 15.3. The molecule has 6 heteroatoms. The van der Waals surface area contributed by atoms with E-state index in [1.165, 1.54) is 6.92 Å². The van der Waals surface area contributed by atoms with Gasteiger partial charge in [-0.05, 0) is 18.9 Å². The highest BCUT2D eigenvalue weighted by atomic mass is 19.1. The molecular weight excluding hydrogens is 263 g/mol. The van der Waals surface area contributed by atoms with Crippen LogP contribution in [0, 0.1) is 35.2 Å². The van der Waals surface area contributed by atoms with Gasteiger partial charge < -0.3 is 5.32 Å². The average molecular weight is 278 g/mol. The molecule has 1 unspecified atom stereocenters. The van der Waals surface area contributed by atoms with Gasteiger partial charge in [0.25, 0.3) is 11.6 Å². The largest absolute Gasteiger partial charge is 0.338 e. The quantitative estimate of drug-likeness (QED) is 0.511. The lowest BCUT2D eigenvalue weighted by atomic mass is 10.1. The maximum atomic E-state index is 13.9. The first-order valence-corrected chi connectivity index (χ1v) is 6.12. The molecule has 0 aliphatic heterocycles. The standard InChI is InChI=1S/C14H15FN2O3/c1-4-6-10(5-2)16-14(18)12-8-11(17(19)20)7-9(3)13(12)15/h2,7-8,10H,4,6H2,1,3H3,(H,16,18). The van der Waals surface area contributed by atoms with E-state index in [2.05, 4.69) is 11.2 Å². The van der Waals surface area contributed by atoms with Gasteiger partial charge in [0.1, 0.15) is 5.82 Å². The molecule has 5 nitrogen and oxygen atoms in total. The highest BCUT2D eigenvalue weighted by molar-refractivity contribution is 5.95. The zero-order valence-corrected chi connectivity index (χ0v) is 11.3. The number of amides is 1. The molecule has 106 valence electrons. The fraction of sp³-hybridized carbons (Fsp3) is 0.357. The SMILES string of the molecule is C#CC(CCC)NC(=O)c1cc([N+](=O)[O-])cc(C)c1F. The summed E-state index contributed by atoms with van der Waals surface area (Å²) >= 11 is 0. The highest BCUT2D eigenvalue weighted by Gasteiger charge is 2.21. The minimum atomic E-state index is -0.777. The van der Waals surface area contributed by atoms with E-state index in [0.717, 1.165) is 18.6 Å². The number of halogens is 1. The summed E-state index contributed by atoms with van der Waals surface area (Å²) in [5, 5.41) is 13.2. The topological polar surface area (TPSA) is 72.2 Å². The van der Waals surface area contributed by atoms with Gasteiger partial charge in [-0.1, -0.05) is 19.3 Å². The third-order valence-electron chi connectivity index (χ3n) is 2.78. The first-order chi connectivity index (χ1) is 9.40. The molecule has 1 atom stereocenters. The first kappa shape index (κ1) is 15.6. The highest BCUT2D eigenvalue weighted by Crippen LogP contribution is 2.21. The van der Waals surface area contributed by atoms with Crippen molar-refractivity contribution in [2.24, 2.45) is 0 Å². The van der Waals surface area contributed by atoms with Gasteiger partial charge in [-0.3, -0.25) is 14.9 Å². The fourth-order valence-electron chi connectivity index (χ4n) is 1.74. The van der Waals surface area contributed by atoms with Gasteiger partial charge in [0.2, 0.25) is 0 Å². The molecule has 1 N–H and O–H groups in total. The summed E-state index contributed by atoms with van der Waals surface area (Å²) in [6, 6.07) is 1.47. The number of terminal acetylenes is 1. The number of carbonyl (C=O) groups excluding carboxylic acids is 1. The average Bonchev–Trinajstić information content (AvgIpc) is 2.40. The van der Waals surface area contributed by atoms with Crippen LogP contribution in [0.25, 0.3) is 0 Å². The van der Waals surface area contributed by atoms with E-state index in [4.69, 9.17) is 6.42 Å². The van der Waals surface area contributed by atoms with Crippen molar-refractivity contribution in [2.75, 3.05) is 0 Å². The summed E-state index contributed by atoms with van der Waals surface area (Å²) in [5.74, 6) is 0.865. The van der Waals surface area contributed by atoms with Crippen LogP contribution in [-0.2, 0) is 0 Å². The molecule has 1 aromatic carbocycles. The molecule has 1 rings (SSSR count). The summed E-state index contributed by atoms with van der Waals surface area (Å²) < 4.78 is 13.9. The van der Waals surface area contributed by atoms with Crippen LogP contribution in [0.2, 0.25) is 0 Å². The lowest BCUT2D eigenvalue weighted by Crippen LogP contribution is -2.34. The summed E-state index contributed by atoms with van der Waals surface area (Å²) in [4.78, 5) is 22.0. The Hall–Kier alpha value is -2.42. The molecule has 0 saturated carbocycles. The number of nitro benzene ring substituents is 1. The Balaban J connectivity index is 3.09. The molecule has 1 aromatic rings. The molecule has 0 spiro atoms. The van der Waals surface area contributed by atoms with Crippen molar-refractivity contribution in [1.29, 1.82) is 0 Å². The van der Waals surface area contributed by atoms with Crippen molar-refractivity contribution in [2.45, 2.75) is 32.7 Å². The van der Waals surface area contributed by atoms with Crippen molar-refractivity contribution >= 4 is 11.6 Å². The lowest BCUT2D eigenvalue weighted by molar-refractivity contribution is -0.385. The van der Waals surface area contributed by atoms with Crippen molar-refractivity contribution in [3.8, 4) is 12.3 Å². The van der Waals surface area contributed by atoms with Crippen LogP contribution in [0.1, 0.15) is 35.7 Å². The van der Waals surface area contributed by atoms with Crippen molar-refractivity contribution < 1.29 is 14.1 Å². The van der Waals surface area contributed by atoms with Crippen LogP contribution >= 0.6 is 0 Å². The third-order valence-corrected chi connectivity index (χ3v) is 2.78. The second kappa shape index (κ2) is 6.66. The predicted octanol–water partition coefficient (Wildman–Crippen LogP) is 2.57. The van der Waals surface area contributed by atoms with Crippen LogP contribution in [0.15, 0.2) is 12.1 Å². The molecule has 0 heterocycles. The van der Waals surface area contributed by atoms with Gasteiger partial charge in [0.05, 0.1) is 16.5 Å². The number of hydrogen-bond donors (Lipinski definition) is 1. The number of rotatable bonds is 5. The Morgan fingerprint density at radius 2 is 2.25 bits per heavy atom. The molecule has 0 saturated heterocycles. The van der Waals surface area contributed by atoms with Crippen molar-refractivity contribution in [3.05, 3.63) is 39.2 Å². The molecule has 0 aliphatic rings. The maximum Gasteiger partial charge on any atom is 0.270 e. The number of aryl methyl sites for hydroxylation is 1. The number of carbonyl (C=O) groups is 1. The molecule has 20 heavy (non-hydrogen) atoms. The molecule has 0 radical (unpaired) electrons. The fourth-order valence-corrected chi connectivity index (χ4v) is 1.74. The monoisotopic (exact) mass is 278 g/mol. The van der Waals surface area contributed by atoms with Crippen LogP contribution in [-0.4, -0.2) is 16.9 Å². The van der Waals surface area contributed by atoms with E-state index >= 15 is 0 Å². The molecule has 0 bridgehead atoms. The Morgan fingerprint density at radius 1 is 1.60 bits per heavy atom. The number of nitrogens with one attached hydrogen (secondary N) is 1. The molecule has 0 fully saturated rings. The molecule has 0 aliphatic carbocycles. The van der Waals surface area contributed by atoms with Gasteiger partial charge in [0.15, 0.2) is 0 Å². The number of hydrogen-bond acceptors (Lipinski definition) is 3. The van der Waals surface area contributed by atoms with Crippen molar-refractivity contribution in [1.82, 2.24) is 5.32 Å². The summed E-state index contributed by atoms with van der Waals surface area (Å²) in [5.41, 5.74) is -0.660. The first-order valence-electron chi connectivity index (χ1n) is 6.12. The number of benzene rings is 1. The smallest absolute Gasteiger partial charge is 0.270 e. The zero-order valence-electron chi connectivity index (χ0n) is 11.3. The van der Waals surface area contributed by atoms with E-state index in [0.29, 0.717) is 6.42 Å². The third kappa shape index (κ3) is 3.54. The Kier molecular flexibility index (Phi) is 5.21. The van der Waals surface area contributed by atoms with E-state index in [-0.39, 0.29) is 16.8 Å². The van der Waals surface area contributed by atoms with Gasteiger partial charge in [0, 0.05) is 12.1 Å². The number of nitrogens with zero attached hydrogens (tertiary/aromatic N) is 1. The lowest BCUT2D eigenvalue weighted by Gasteiger charge is -2.13. The minimum Gasteiger partial charge on any atom is -0.338 e. The van der Waals surface area contributed by atoms with Gasteiger partial charge >= 0.3 is 0 Å². The maximum absolute atomic E-state index is 13.9. The van der Waals surface area contributed by atoms with E-state index < -0.39 is 22.7 Å². The van der Waals surface area contributed by atoms with Crippen LogP contribution < -0.4 is 5.32 Å². The summed E-state index contributed by atoms with van der Waals surface area (Å²) in [6.45, 7) is 3.26. The Morgan fingerprint density at radius 3 is 2.75 bits per heavy atom. The summed E-state index contributed by atoms with van der Waals surface area (Å²) in [6.07, 6.45) is 6.57. The summed E-state index contributed by atoms with van der Waals surface area (Å²) in [7, 11) is 0. The van der Waals surface area contributed by atoms with Gasteiger partial charge in [-0.25, -0.2) is 4.39 Å². The second-order valence-corrected chi connectivity index (χ2v) is 4.36. The number of nitro groups is 1. The minimum absolute atomic E-state index is 0.0390. The second-order valence-electron chi connectivity index (χ2n) is 4.36. The van der Waals surface area contributed by atoms with E-state index in [9.17, 15) is 19.3 Å². The normalized spacial score (nSPS) is 11.5. The van der Waals surface area contributed by atoms with Crippen LogP contribution in [0.5, 0.6) is 0 Å². The molecule has 0 aromatic heterocycles. The Bertz CT molecular complexity index is 579. The Labute approximate surface area is 116 Å². The molecular formula is C14H15FN2O3.